The summed E-state index contributed by atoms with van der Waals surface area (Å²) in [5.74, 6) is 0.937. The number of nitrogens with two attached hydrogens (primary N) is 1. The van der Waals surface area contributed by atoms with Gasteiger partial charge in [-0.2, -0.15) is 0 Å². The van der Waals surface area contributed by atoms with Crippen LogP contribution in [0.3, 0.4) is 0 Å². The van der Waals surface area contributed by atoms with Crippen molar-refractivity contribution in [3.63, 3.8) is 0 Å². The van der Waals surface area contributed by atoms with Gasteiger partial charge in [-0.05, 0) is 41.5 Å². The molecule has 0 fully saturated rings. The van der Waals surface area contributed by atoms with Crippen molar-refractivity contribution in [3.8, 4) is 0 Å². The molecule has 0 unspecified atom stereocenters. The normalized spacial score (nSPS) is 10.5. The minimum Gasteiger partial charge on any atom is -0.467 e. The molecule has 0 spiro atoms. The van der Waals surface area contributed by atoms with E-state index in [9.17, 15) is 0 Å². The van der Waals surface area contributed by atoms with Crippen molar-refractivity contribution in [2.24, 2.45) is 5.73 Å². The van der Waals surface area contributed by atoms with Crippen molar-refractivity contribution < 1.29 is 4.42 Å². The molecule has 68 valence electrons. The van der Waals surface area contributed by atoms with Crippen LogP contribution in [0.25, 0.3) is 0 Å². The van der Waals surface area contributed by atoms with Gasteiger partial charge >= 0.3 is 0 Å². The maximum absolute atomic E-state index is 5.35. The second-order valence-electron chi connectivity index (χ2n) is 2.51. The molecule has 1 rings (SSSR count). The summed E-state index contributed by atoms with van der Waals surface area (Å²) in [4.78, 5) is 0. The van der Waals surface area contributed by atoms with Crippen LogP contribution in [0.5, 0.6) is 0 Å². The van der Waals surface area contributed by atoms with Gasteiger partial charge < -0.3 is 15.5 Å². The molecule has 0 atom stereocenters. The molecule has 12 heavy (non-hydrogen) atoms. The van der Waals surface area contributed by atoms with Crippen LogP contribution in [0, 0.1) is 0 Å². The average molecular weight is 233 g/mol. The number of hydrogen-bond donors (Lipinski definition) is 2. The van der Waals surface area contributed by atoms with E-state index in [1.165, 1.54) is 0 Å². The lowest BCUT2D eigenvalue weighted by atomic mass is 10.4. The largest absolute Gasteiger partial charge is 0.467 e. The third-order valence-electron chi connectivity index (χ3n) is 1.53. The van der Waals surface area contributed by atoms with E-state index in [4.69, 9.17) is 10.2 Å². The summed E-state index contributed by atoms with van der Waals surface area (Å²) < 4.78 is 6.22. The molecule has 3 N–H and O–H groups in total. The number of furan rings is 1. The van der Waals surface area contributed by atoms with Gasteiger partial charge in [-0.25, -0.2) is 0 Å². The van der Waals surface area contributed by atoms with Crippen LogP contribution in [0.2, 0.25) is 0 Å². The van der Waals surface area contributed by atoms with Crippen LogP contribution in [0.15, 0.2) is 21.2 Å². The zero-order valence-corrected chi connectivity index (χ0v) is 8.43. The number of nitrogens with one attached hydrogen (secondary N) is 1. The Morgan fingerprint density at radius 3 is 3.00 bits per heavy atom. The molecule has 0 amide bonds. The summed E-state index contributed by atoms with van der Waals surface area (Å²) >= 11 is 3.38. The summed E-state index contributed by atoms with van der Waals surface area (Å²) in [6.07, 6.45) is 2.67. The Morgan fingerprint density at radius 1 is 1.58 bits per heavy atom. The fourth-order valence-corrected chi connectivity index (χ4v) is 1.22. The van der Waals surface area contributed by atoms with Crippen LogP contribution >= 0.6 is 15.9 Å². The summed E-state index contributed by atoms with van der Waals surface area (Å²) in [5, 5.41) is 3.23. The number of halogens is 1. The zero-order valence-electron chi connectivity index (χ0n) is 6.85. The SMILES string of the molecule is NCCCNCc1occc1Br. The molecule has 0 bridgehead atoms. The monoisotopic (exact) mass is 232 g/mol. The maximum Gasteiger partial charge on any atom is 0.131 e. The minimum absolute atomic E-state index is 0.728. The first-order chi connectivity index (χ1) is 5.84. The van der Waals surface area contributed by atoms with Gasteiger partial charge in [0.05, 0.1) is 17.3 Å². The lowest BCUT2D eigenvalue weighted by Gasteiger charge is -2.00. The first-order valence-electron chi connectivity index (χ1n) is 3.97. The van der Waals surface area contributed by atoms with E-state index in [0.717, 1.165) is 36.3 Å². The first kappa shape index (κ1) is 9.77. The molecule has 0 saturated carbocycles. The first-order valence-corrected chi connectivity index (χ1v) is 4.76. The van der Waals surface area contributed by atoms with Crippen molar-refractivity contribution in [2.75, 3.05) is 13.1 Å². The van der Waals surface area contributed by atoms with Crippen molar-refractivity contribution in [1.82, 2.24) is 5.32 Å². The van der Waals surface area contributed by atoms with Crippen LogP contribution in [-0.4, -0.2) is 13.1 Å². The quantitative estimate of drug-likeness (QED) is 0.757. The molecule has 1 aromatic rings. The Labute approximate surface area is 80.4 Å². The van der Waals surface area contributed by atoms with E-state index < -0.39 is 0 Å². The fourth-order valence-electron chi connectivity index (χ4n) is 0.880. The molecule has 0 saturated heterocycles. The molecule has 0 aliphatic heterocycles. The fraction of sp³-hybridized carbons (Fsp3) is 0.500. The van der Waals surface area contributed by atoms with Crippen molar-refractivity contribution in [2.45, 2.75) is 13.0 Å². The highest BCUT2D eigenvalue weighted by Crippen LogP contribution is 2.16. The Morgan fingerprint density at radius 2 is 2.42 bits per heavy atom. The lowest BCUT2D eigenvalue weighted by Crippen LogP contribution is -2.17. The summed E-state index contributed by atoms with van der Waals surface area (Å²) in [6.45, 7) is 2.42. The minimum atomic E-state index is 0.728. The van der Waals surface area contributed by atoms with Crippen molar-refractivity contribution >= 4 is 15.9 Å². The summed E-state index contributed by atoms with van der Waals surface area (Å²) in [7, 11) is 0. The molecule has 0 aromatic carbocycles. The highest BCUT2D eigenvalue weighted by atomic mass is 79.9. The summed E-state index contributed by atoms with van der Waals surface area (Å²) in [5.41, 5.74) is 5.35. The van der Waals surface area contributed by atoms with Crippen molar-refractivity contribution in [3.05, 3.63) is 22.6 Å². The van der Waals surface area contributed by atoms with E-state index in [1.54, 1.807) is 6.26 Å². The molecular weight excluding hydrogens is 220 g/mol. The van der Waals surface area contributed by atoms with Gasteiger partial charge in [0, 0.05) is 0 Å². The van der Waals surface area contributed by atoms with Gasteiger partial charge in [0.25, 0.3) is 0 Å². The van der Waals surface area contributed by atoms with Gasteiger partial charge in [0.2, 0.25) is 0 Å². The molecule has 0 aliphatic carbocycles. The molecule has 0 aliphatic rings. The zero-order chi connectivity index (χ0) is 8.81. The smallest absolute Gasteiger partial charge is 0.131 e. The average Bonchev–Trinajstić information content (AvgIpc) is 2.46. The number of hydrogen-bond acceptors (Lipinski definition) is 3. The Kier molecular flexibility index (Phi) is 4.35. The predicted molar refractivity (Wildman–Crippen MR) is 51.8 cm³/mol. The van der Waals surface area contributed by atoms with E-state index >= 15 is 0 Å². The molecule has 1 aromatic heterocycles. The Bertz CT molecular complexity index is 225. The number of rotatable bonds is 5. The van der Waals surface area contributed by atoms with Crippen LogP contribution < -0.4 is 11.1 Å². The van der Waals surface area contributed by atoms with Crippen LogP contribution in [-0.2, 0) is 6.54 Å². The second-order valence-corrected chi connectivity index (χ2v) is 3.37. The van der Waals surface area contributed by atoms with Gasteiger partial charge in [0.1, 0.15) is 5.76 Å². The van der Waals surface area contributed by atoms with Gasteiger partial charge in [-0.15, -0.1) is 0 Å². The van der Waals surface area contributed by atoms with Crippen molar-refractivity contribution in [1.29, 1.82) is 0 Å². The Hall–Kier alpha value is -0.320. The van der Waals surface area contributed by atoms with E-state index in [-0.39, 0.29) is 0 Å². The molecular formula is C8H13BrN2O. The highest BCUT2D eigenvalue weighted by molar-refractivity contribution is 9.10. The summed E-state index contributed by atoms with van der Waals surface area (Å²) in [6, 6.07) is 1.89. The second kappa shape index (κ2) is 5.35. The molecule has 4 heteroatoms. The van der Waals surface area contributed by atoms with E-state index in [0.29, 0.717) is 0 Å². The third kappa shape index (κ3) is 2.97. The topological polar surface area (TPSA) is 51.2 Å². The van der Waals surface area contributed by atoms with Gasteiger partial charge in [-0.3, -0.25) is 0 Å². The highest BCUT2D eigenvalue weighted by Gasteiger charge is 2.00. The van der Waals surface area contributed by atoms with E-state index in [1.807, 2.05) is 6.07 Å². The van der Waals surface area contributed by atoms with Gasteiger partial charge in [-0.1, -0.05) is 0 Å². The maximum atomic E-state index is 5.35. The predicted octanol–water partition coefficient (Wildman–Crippen LogP) is 1.48. The molecule has 0 radical (unpaired) electrons. The standard InChI is InChI=1S/C8H13BrN2O/c9-7-2-5-12-8(7)6-11-4-1-3-10/h2,5,11H,1,3-4,6,10H2. The van der Waals surface area contributed by atoms with Gasteiger partial charge in [0.15, 0.2) is 0 Å². The molecule has 3 nitrogen and oxygen atoms in total. The molecule has 1 heterocycles. The van der Waals surface area contributed by atoms with E-state index in [2.05, 4.69) is 21.2 Å². The third-order valence-corrected chi connectivity index (χ3v) is 2.24. The van der Waals surface area contributed by atoms with Crippen LogP contribution in [0.4, 0.5) is 0 Å². The Balaban J connectivity index is 2.20. The lowest BCUT2D eigenvalue weighted by molar-refractivity contribution is 0.479. The van der Waals surface area contributed by atoms with Crippen LogP contribution in [0.1, 0.15) is 12.2 Å².